The van der Waals surface area contributed by atoms with Gasteiger partial charge in [0.25, 0.3) is 11.8 Å². The summed E-state index contributed by atoms with van der Waals surface area (Å²) >= 11 is 0. The lowest BCUT2D eigenvalue weighted by atomic mass is 10.0. The van der Waals surface area contributed by atoms with Gasteiger partial charge in [-0.2, -0.15) is 0 Å². The molecule has 2 heterocycles. The van der Waals surface area contributed by atoms with Crippen molar-refractivity contribution in [2.75, 3.05) is 37.6 Å². The molecule has 3 aromatic carbocycles. The molecule has 6 heteroatoms. The first-order valence-corrected chi connectivity index (χ1v) is 11.8. The number of piperazine rings is 1. The molecule has 2 amide bonds. The van der Waals surface area contributed by atoms with E-state index in [1.165, 1.54) is 11.6 Å². The van der Waals surface area contributed by atoms with Crippen LogP contribution >= 0.6 is 0 Å². The van der Waals surface area contributed by atoms with E-state index in [2.05, 4.69) is 41.0 Å². The van der Waals surface area contributed by atoms with Crippen LogP contribution in [0.25, 0.3) is 0 Å². The Morgan fingerprint density at radius 2 is 1.53 bits per heavy atom. The number of imide groups is 1. The smallest absolute Gasteiger partial charge is 0.263 e. The van der Waals surface area contributed by atoms with Crippen LogP contribution in [0.3, 0.4) is 0 Å². The van der Waals surface area contributed by atoms with Crippen molar-refractivity contribution in [1.82, 2.24) is 9.80 Å². The van der Waals surface area contributed by atoms with Gasteiger partial charge in [0.2, 0.25) is 0 Å². The number of hydrogen-bond acceptors (Lipinski definition) is 4. The highest BCUT2D eigenvalue weighted by Crippen LogP contribution is 2.33. The summed E-state index contributed by atoms with van der Waals surface area (Å²) in [5.74, 6) is -0.681. The number of carbonyl (C=O) groups is 2. The highest BCUT2D eigenvalue weighted by Gasteiger charge is 2.39. The first kappa shape index (κ1) is 22.3. The van der Waals surface area contributed by atoms with Crippen molar-refractivity contribution in [2.24, 2.45) is 0 Å². The number of anilines is 1. The first-order chi connectivity index (χ1) is 16.5. The predicted octanol–water partition coefficient (Wildman–Crippen LogP) is 4.55. The molecule has 5 nitrogen and oxygen atoms in total. The topological polar surface area (TPSA) is 43.9 Å². The van der Waals surface area contributed by atoms with E-state index in [1.54, 1.807) is 24.3 Å². The SMILES string of the molecule is C[C@H](CN1CCN(c2cccc3c2C(=O)N(Cc2ccccc2F)C3=O)CC1)c1ccccc1. The molecule has 2 aliphatic heterocycles. The molecule has 0 saturated carbocycles. The zero-order valence-electron chi connectivity index (χ0n) is 19.3. The second-order valence-electron chi connectivity index (χ2n) is 9.09. The fourth-order valence-corrected chi connectivity index (χ4v) is 4.97. The van der Waals surface area contributed by atoms with Gasteiger partial charge in [0.1, 0.15) is 5.82 Å². The fraction of sp³-hybridized carbons (Fsp3) is 0.286. The Bertz CT molecular complexity index is 1210. The van der Waals surface area contributed by atoms with Crippen LogP contribution in [0.5, 0.6) is 0 Å². The Kier molecular flexibility index (Phi) is 6.16. The highest BCUT2D eigenvalue weighted by molar-refractivity contribution is 6.23. The number of benzene rings is 3. The average Bonchev–Trinajstić information content (AvgIpc) is 3.11. The molecule has 0 radical (unpaired) electrons. The van der Waals surface area contributed by atoms with Gasteiger partial charge in [0, 0.05) is 38.3 Å². The summed E-state index contributed by atoms with van der Waals surface area (Å²) < 4.78 is 14.2. The molecule has 3 aromatic rings. The summed E-state index contributed by atoms with van der Waals surface area (Å²) in [5.41, 5.74) is 3.31. The van der Waals surface area contributed by atoms with Crippen molar-refractivity contribution < 1.29 is 14.0 Å². The zero-order chi connectivity index (χ0) is 23.7. The third kappa shape index (κ3) is 4.21. The van der Waals surface area contributed by atoms with E-state index in [0.717, 1.165) is 43.3 Å². The van der Waals surface area contributed by atoms with E-state index in [-0.39, 0.29) is 18.4 Å². The molecular formula is C28H28FN3O2. The summed E-state index contributed by atoms with van der Waals surface area (Å²) in [5, 5.41) is 0. The van der Waals surface area contributed by atoms with Crippen molar-refractivity contribution >= 4 is 17.5 Å². The van der Waals surface area contributed by atoms with Crippen LogP contribution in [-0.2, 0) is 6.54 Å². The molecule has 1 atom stereocenters. The van der Waals surface area contributed by atoms with Crippen LogP contribution in [0.1, 0.15) is 44.7 Å². The summed E-state index contributed by atoms with van der Waals surface area (Å²) in [6.45, 7) is 6.52. The van der Waals surface area contributed by atoms with E-state index in [0.29, 0.717) is 22.6 Å². The minimum atomic E-state index is -0.417. The van der Waals surface area contributed by atoms with Crippen molar-refractivity contribution in [3.63, 3.8) is 0 Å². The molecule has 1 fully saturated rings. The largest absolute Gasteiger partial charge is 0.368 e. The molecule has 0 bridgehead atoms. The lowest BCUT2D eigenvalue weighted by molar-refractivity contribution is 0.0641. The van der Waals surface area contributed by atoms with E-state index >= 15 is 0 Å². The van der Waals surface area contributed by atoms with E-state index in [1.807, 2.05) is 18.2 Å². The first-order valence-electron chi connectivity index (χ1n) is 11.8. The monoisotopic (exact) mass is 457 g/mol. The van der Waals surface area contributed by atoms with Gasteiger partial charge >= 0.3 is 0 Å². The molecule has 0 spiro atoms. The second kappa shape index (κ2) is 9.39. The minimum absolute atomic E-state index is 0.0659. The number of hydrogen-bond donors (Lipinski definition) is 0. The Balaban J connectivity index is 1.29. The molecule has 34 heavy (non-hydrogen) atoms. The standard InChI is InChI=1S/C28H28FN3O2/c1-20(21-8-3-2-4-9-21)18-30-14-16-31(17-15-30)25-13-7-11-23-26(25)28(34)32(27(23)33)19-22-10-5-6-12-24(22)29/h2-13,20H,14-19H2,1H3/t20-/m1/s1. The van der Waals surface area contributed by atoms with Crippen molar-refractivity contribution in [1.29, 1.82) is 0 Å². The third-order valence-electron chi connectivity index (χ3n) is 6.88. The Morgan fingerprint density at radius 3 is 2.26 bits per heavy atom. The zero-order valence-corrected chi connectivity index (χ0v) is 19.3. The Morgan fingerprint density at radius 1 is 0.824 bits per heavy atom. The Labute approximate surface area is 199 Å². The van der Waals surface area contributed by atoms with E-state index < -0.39 is 5.82 Å². The lowest BCUT2D eigenvalue weighted by Gasteiger charge is -2.37. The maximum atomic E-state index is 14.2. The molecule has 0 N–H and O–H groups in total. The van der Waals surface area contributed by atoms with Crippen LogP contribution in [0.4, 0.5) is 10.1 Å². The van der Waals surface area contributed by atoms with Crippen molar-refractivity contribution in [3.8, 4) is 0 Å². The lowest BCUT2D eigenvalue weighted by Crippen LogP contribution is -2.47. The average molecular weight is 458 g/mol. The van der Waals surface area contributed by atoms with Crippen LogP contribution < -0.4 is 4.90 Å². The maximum absolute atomic E-state index is 14.2. The number of amides is 2. The number of halogens is 1. The van der Waals surface area contributed by atoms with Gasteiger partial charge in [0.15, 0.2) is 0 Å². The number of rotatable bonds is 6. The van der Waals surface area contributed by atoms with E-state index in [4.69, 9.17) is 0 Å². The number of carbonyl (C=O) groups excluding carboxylic acids is 2. The van der Waals surface area contributed by atoms with Crippen molar-refractivity contribution in [2.45, 2.75) is 19.4 Å². The summed E-state index contributed by atoms with van der Waals surface area (Å²) in [6, 6.07) is 22.2. The van der Waals surface area contributed by atoms with Crippen molar-refractivity contribution in [3.05, 3.63) is 101 Å². The highest BCUT2D eigenvalue weighted by atomic mass is 19.1. The van der Waals surface area contributed by atoms with Gasteiger partial charge in [-0.05, 0) is 29.7 Å². The fourth-order valence-electron chi connectivity index (χ4n) is 4.97. The van der Waals surface area contributed by atoms with Gasteiger partial charge in [0.05, 0.1) is 23.4 Å². The molecule has 0 aliphatic carbocycles. The summed E-state index contributed by atoms with van der Waals surface area (Å²) in [6.07, 6.45) is 0. The normalized spacial score (nSPS) is 17.2. The van der Waals surface area contributed by atoms with Crippen LogP contribution in [0.2, 0.25) is 0 Å². The van der Waals surface area contributed by atoms with Gasteiger partial charge < -0.3 is 4.90 Å². The minimum Gasteiger partial charge on any atom is -0.368 e. The number of nitrogens with zero attached hydrogens (tertiary/aromatic N) is 3. The molecule has 1 saturated heterocycles. The van der Waals surface area contributed by atoms with Gasteiger partial charge in [-0.25, -0.2) is 4.39 Å². The van der Waals surface area contributed by atoms with E-state index in [9.17, 15) is 14.0 Å². The molecule has 174 valence electrons. The van der Waals surface area contributed by atoms with Gasteiger partial charge in [-0.15, -0.1) is 0 Å². The van der Waals surface area contributed by atoms with Gasteiger partial charge in [-0.1, -0.05) is 61.5 Å². The predicted molar refractivity (Wildman–Crippen MR) is 131 cm³/mol. The molecule has 0 unspecified atom stereocenters. The quantitative estimate of drug-likeness (QED) is 0.510. The molecule has 0 aromatic heterocycles. The van der Waals surface area contributed by atoms with Crippen LogP contribution in [-0.4, -0.2) is 54.3 Å². The molecular weight excluding hydrogens is 429 g/mol. The summed E-state index contributed by atoms with van der Waals surface area (Å²) in [7, 11) is 0. The Hall–Kier alpha value is -3.51. The molecule has 5 rings (SSSR count). The second-order valence-corrected chi connectivity index (χ2v) is 9.09. The van der Waals surface area contributed by atoms with Crippen LogP contribution in [0.15, 0.2) is 72.8 Å². The molecule has 2 aliphatic rings. The van der Waals surface area contributed by atoms with Gasteiger partial charge in [-0.3, -0.25) is 19.4 Å². The number of fused-ring (bicyclic) bond motifs is 1. The third-order valence-corrected chi connectivity index (χ3v) is 6.88. The van der Waals surface area contributed by atoms with Crippen LogP contribution in [0, 0.1) is 5.82 Å². The maximum Gasteiger partial charge on any atom is 0.263 e. The summed E-state index contributed by atoms with van der Waals surface area (Å²) in [4.78, 5) is 32.1.